The molecule has 0 bridgehead atoms. The Labute approximate surface area is 203 Å². The summed E-state index contributed by atoms with van der Waals surface area (Å²) in [6, 6.07) is 12.1. The number of benzene rings is 1. The Kier molecular flexibility index (Phi) is 5.29. The van der Waals surface area contributed by atoms with Crippen molar-refractivity contribution in [3.63, 3.8) is 0 Å². The highest BCUT2D eigenvalue weighted by molar-refractivity contribution is 7.91. The van der Waals surface area contributed by atoms with Gasteiger partial charge in [0.25, 0.3) is 10.0 Å². The Bertz CT molecular complexity index is 1370. The number of amides is 1. The number of nitrogens with zero attached hydrogens (tertiary/aromatic N) is 3. The molecule has 0 radical (unpaired) electrons. The number of aromatic nitrogens is 1. The van der Waals surface area contributed by atoms with Crippen molar-refractivity contribution in [1.29, 1.82) is 0 Å². The Hall–Kier alpha value is -2.33. The average Bonchev–Trinajstić information content (AvgIpc) is 3.61. The van der Waals surface area contributed by atoms with Crippen LogP contribution in [0.15, 0.2) is 46.8 Å². The van der Waals surface area contributed by atoms with Crippen LogP contribution in [0.25, 0.3) is 21.3 Å². The molecule has 0 unspecified atom stereocenters. The predicted octanol–water partition coefficient (Wildman–Crippen LogP) is 3.82. The number of hydrogen-bond acceptors (Lipinski definition) is 6. The van der Waals surface area contributed by atoms with E-state index in [2.05, 4.69) is 4.98 Å². The number of pyridine rings is 1. The lowest BCUT2D eigenvalue weighted by molar-refractivity contribution is -0.170. The third-order valence-electron chi connectivity index (χ3n) is 7.26. The molecular formula is C25H27N3O4S2. The minimum Gasteiger partial charge on any atom is -0.363 e. The molecule has 34 heavy (non-hydrogen) atoms. The first-order valence-corrected chi connectivity index (χ1v) is 14.0. The van der Waals surface area contributed by atoms with Crippen molar-refractivity contribution in [1.82, 2.24) is 14.2 Å². The van der Waals surface area contributed by atoms with Crippen LogP contribution in [0.3, 0.4) is 0 Å². The SMILES string of the molecule is Cc1cc(S(=O)(=O)N2CCC3(CC2)CN(C2CC2)C(=O)CO3)sc1-c1ccc2cccnc2c1. The summed E-state index contributed by atoms with van der Waals surface area (Å²) in [7, 11) is -3.60. The lowest BCUT2D eigenvalue weighted by Gasteiger charge is -2.46. The van der Waals surface area contributed by atoms with Gasteiger partial charge in [-0.1, -0.05) is 18.2 Å². The minimum atomic E-state index is -3.60. The second kappa shape index (κ2) is 8.12. The molecule has 2 aromatic heterocycles. The van der Waals surface area contributed by atoms with Gasteiger partial charge in [0.15, 0.2) is 0 Å². The van der Waals surface area contributed by atoms with Crippen molar-refractivity contribution < 1.29 is 17.9 Å². The van der Waals surface area contributed by atoms with Gasteiger partial charge in [0.05, 0.1) is 17.7 Å². The smallest absolute Gasteiger partial charge is 0.252 e. The van der Waals surface area contributed by atoms with Gasteiger partial charge in [0.1, 0.15) is 10.8 Å². The Morgan fingerprint density at radius 3 is 2.71 bits per heavy atom. The van der Waals surface area contributed by atoms with Gasteiger partial charge >= 0.3 is 0 Å². The van der Waals surface area contributed by atoms with Crippen molar-refractivity contribution >= 4 is 38.2 Å². The van der Waals surface area contributed by atoms with Gasteiger partial charge in [-0.3, -0.25) is 9.78 Å². The molecule has 1 aromatic carbocycles. The van der Waals surface area contributed by atoms with Crippen LogP contribution in [0.5, 0.6) is 0 Å². The average molecular weight is 498 g/mol. The monoisotopic (exact) mass is 497 g/mol. The fraction of sp³-hybridized carbons (Fsp3) is 0.440. The first-order chi connectivity index (χ1) is 16.3. The van der Waals surface area contributed by atoms with Gasteiger partial charge in [-0.15, -0.1) is 11.3 Å². The van der Waals surface area contributed by atoms with E-state index in [1.54, 1.807) is 16.6 Å². The molecule has 1 spiro atoms. The number of ether oxygens (including phenoxy) is 1. The van der Waals surface area contributed by atoms with Crippen LogP contribution in [0.2, 0.25) is 0 Å². The third kappa shape index (κ3) is 3.84. The molecule has 0 N–H and O–H groups in total. The molecule has 3 aliphatic rings. The summed E-state index contributed by atoms with van der Waals surface area (Å²) in [5.74, 6) is 0.0636. The van der Waals surface area contributed by atoms with E-state index in [1.165, 1.54) is 11.3 Å². The van der Waals surface area contributed by atoms with Crippen molar-refractivity contribution in [2.75, 3.05) is 26.2 Å². The topological polar surface area (TPSA) is 79.8 Å². The molecule has 2 saturated heterocycles. The van der Waals surface area contributed by atoms with Crippen molar-refractivity contribution in [3.05, 3.63) is 48.2 Å². The molecule has 7 nitrogen and oxygen atoms in total. The number of aryl methyl sites for hydroxylation is 1. The van der Waals surface area contributed by atoms with Gasteiger partial charge in [0, 0.05) is 35.6 Å². The quantitative estimate of drug-likeness (QED) is 0.548. The number of piperidine rings is 1. The third-order valence-corrected chi connectivity index (χ3v) is 10.9. The van der Waals surface area contributed by atoms with Gasteiger partial charge in [0.2, 0.25) is 5.91 Å². The van der Waals surface area contributed by atoms with E-state index < -0.39 is 15.6 Å². The van der Waals surface area contributed by atoms with Crippen LogP contribution in [0.4, 0.5) is 0 Å². The van der Waals surface area contributed by atoms with Gasteiger partial charge in [-0.2, -0.15) is 4.31 Å². The van der Waals surface area contributed by atoms with Crippen LogP contribution in [-0.4, -0.2) is 66.4 Å². The molecule has 9 heteroatoms. The molecule has 2 aliphatic heterocycles. The zero-order chi connectivity index (χ0) is 23.5. The van der Waals surface area contributed by atoms with Gasteiger partial charge in [-0.25, -0.2) is 8.42 Å². The normalized spacial score (nSPS) is 21.4. The van der Waals surface area contributed by atoms with Crippen LogP contribution < -0.4 is 0 Å². The zero-order valence-electron chi connectivity index (χ0n) is 19.1. The summed E-state index contributed by atoms with van der Waals surface area (Å²) in [5.41, 5.74) is 2.40. The fourth-order valence-electron chi connectivity index (χ4n) is 5.10. The predicted molar refractivity (Wildman–Crippen MR) is 131 cm³/mol. The maximum Gasteiger partial charge on any atom is 0.252 e. The summed E-state index contributed by atoms with van der Waals surface area (Å²) in [6.45, 7) is 3.46. The molecule has 3 fully saturated rings. The van der Waals surface area contributed by atoms with Crippen LogP contribution in [-0.2, 0) is 19.6 Å². The first kappa shape index (κ1) is 22.2. The second-order valence-electron chi connectivity index (χ2n) is 9.62. The van der Waals surface area contributed by atoms with Gasteiger partial charge < -0.3 is 9.64 Å². The molecule has 1 amide bonds. The number of carbonyl (C=O) groups excluding carboxylic acids is 1. The minimum absolute atomic E-state index is 0.0636. The Balaban J connectivity index is 1.21. The van der Waals surface area contributed by atoms with Crippen LogP contribution in [0, 0.1) is 6.92 Å². The standard InChI is InChI=1S/C25H27N3O4S2/c1-17-13-23(33-24(17)19-5-4-18-3-2-10-26-21(18)14-19)34(30,31)27-11-8-25(9-12-27)16-28(20-6-7-20)22(29)15-32-25/h2-5,10,13-14,20H,6-9,11-12,15-16H2,1H3. The van der Waals surface area contributed by atoms with E-state index in [0.717, 1.165) is 39.7 Å². The highest BCUT2D eigenvalue weighted by Gasteiger charge is 2.47. The van der Waals surface area contributed by atoms with Crippen molar-refractivity contribution in [2.24, 2.45) is 0 Å². The van der Waals surface area contributed by atoms with Crippen LogP contribution in [0.1, 0.15) is 31.2 Å². The summed E-state index contributed by atoms with van der Waals surface area (Å²) >= 11 is 1.32. The van der Waals surface area contributed by atoms with E-state index in [4.69, 9.17) is 4.74 Å². The number of hydrogen-bond donors (Lipinski definition) is 0. The first-order valence-electron chi connectivity index (χ1n) is 11.7. The van der Waals surface area contributed by atoms with E-state index >= 15 is 0 Å². The molecule has 3 aromatic rings. The molecular weight excluding hydrogens is 470 g/mol. The molecule has 1 saturated carbocycles. The molecule has 6 rings (SSSR count). The number of sulfonamides is 1. The van der Waals surface area contributed by atoms with E-state index in [9.17, 15) is 13.2 Å². The molecule has 0 atom stereocenters. The zero-order valence-corrected chi connectivity index (χ0v) is 20.7. The summed E-state index contributed by atoms with van der Waals surface area (Å²) < 4.78 is 35.0. The summed E-state index contributed by atoms with van der Waals surface area (Å²) in [4.78, 5) is 19.6. The maximum atomic E-state index is 13.5. The van der Waals surface area contributed by atoms with E-state index in [-0.39, 0.29) is 12.5 Å². The molecule has 1 aliphatic carbocycles. The number of thiophene rings is 1. The maximum absolute atomic E-state index is 13.5. The van der Waals surface area contributed by atoms with E-state index in [0.29, 0.717) is 42.7 Å². The lowest BCUT2D eigenvalue weighted by atomic mass is 9.90. The largest absolute Gasteiger partial charge is 0.363 e. The van der Waals surface area contributed by atoms with Crippen LogP contribution >= 0.6 is 11.3 Å². The Morgan fingerprint density at radius 2 is 1.94 bits per heavy atom. The fourth-order valence-corrected chi connectivity index (χ4v) is 8.23. The highest BCUT2D eigenvalue weighted by atomic mass is 32.2. The molecule has 178 valence electrons. The summed E-state index contributed by atoms with van der Waals surface area (Å²) in [6.07, 6.45) is 5.11. The van der Waals surface area contributed by atoms with Crippen molar-refractivity contribution in [2.45, 2.75) is 48.5 Å². The lowest BCUT2D eigenvalue weighted by Crippen LogP contribution is -2.59. The van der Waals surface area contributed by atoms with E-state index in [1.807, 2.05) is 42.2 Å². The molecule has 4 heterocycles. The highest BCUT2D eigenvalue weighted by Crippen LogP contribution is 2.40. The van der Waals surface area contributed by atoms with Gasteiger partial charge in [-0.05, 0) is 61.9 Å². The Morgan fingerprint density at radius 1 is 1.15 bits per heavy atom. The number of carbonyl (C=O) groups is 1. The van der Waals surface area contributed by atoms with Crippen molar-refractivity contribution in [3.8, 4) is 10.4 Å². The number of fused-ring (bicyclic) bond motifs is 1. The second-order valence-corrected chi connectivity index (χ2v) is 12.8. The number of rotatable bonds is 4. The number of morpholine rings is 1. The summed E-state index contributed by atoms with van der Waals surface area (Å²) in [5, 5.41) is 1.06.